The smallest absolute Gasteiger partial charge is 0.191 e. The Morgan fingerprint density at radius 3 is 2.33 bits per heavy atom. The molecule has 166 valence electrons. The lowest BCUT2D eigenvalue weighted by molar-refractivity contribution is -0.106. The van der Waals surface area contributed by atoms with Crippen LogP contribution < -0.4 is 25.0 Å². The summed E-state index contributed by atoms with van der Waals surface area (Å²) in [5, 5.41) is 7.36. The predicted octanol–water partition coefficient (Wildman–Crippen LogP) is 2.65. The van der Waals surface area contributed by atoms with E-state index in [1.165, 1.54) is 0 Å². The number of piperidine rings is 1. The van der Waals surface area contributed by atoms with E-state index in [9.17, 15) is 0 Å². The van der Waals surface area contributed by atoms with Gasteiger partial charge < -0.3 is 29.7 Å². The highest BCUT2D eigenvalue weighted by Crippen LogP contribution is 2.52. The zero-order valence-corrected chi connectivity index (χ0v) is 18.9. The second kappa shape index (κ2) is 8.53. The maximum Gasteiger partial charge on any atom is 0.191 e. The lowest BCUT2D eigenvalue weighted by Crippen LogP contribution is -2.68. The molecule has 2 aliphatic heterocycles. The van der Waals surface area contributed by atoms with Crippen molar-refractivity contribution in [1.82, 2.24) is 10.6 Å². The van der Waals surface area contributed by atoms with Crippen molar-refractivity contribution in [3.05, 3.63) is 18.2 Å². The Hall–Kier alpha value is -2.15. The predicted molar refractivity (Wildman–Crippen MR) is 120 cm³/mol. The molecule has 0 spiro atoms. The van der Waals surface area contributed by atoms with Crippen molar-refractivity contribution < 1.29 is 14.2 Å². The van der Waals surface area contributed by atoms with Crippen LogP contribution in [-0.4, -0.2) is 65.1 Å². The van der Waals surface area contributed by atoms with Crippen molar-refractivity contribution in [2.75, 3.05) is 45.9 Å². The Morgan fingerprint density at radius 2 is 1.73 bits per heavy atom. The molecule has 3 atom stereocenters. The fraction of sp³-hybridized carbons (Fsp3) is 0.696. The topological polar surface area (TPSA) is 67.4 Å². The average Bonchev–Trinajstić information content (AvgIpc) is 3.23. The van der Waals surface area contributed by atoms with Crippen LogP contribution in [0.15, 0.2) is 23.2 Å². The number of hydrogen-bond donors (Lipinski definition) is 2. The van der Waals surface area contributed by atoms with Gasteiger partial charge in [-0.25, -0.2) is 0 Å². The normalized spacial score (nSPS) is 28.5. The number of benzene rings is 1. The Kier molecular flexibility index (Phi) is 6.00. The lowest BCUT2D eigenvalue weighted by Gasteiger charge is -2.55. The van der Waals surface area contributed by atoms with E-state index < -0.39 is 0 Å². The summed E-state index contributed by atoms with van der Waals surface area (Å²) in [6.07, 6.45) is 3.65. The molecule has 7 heteroatoms. The van der Waals surface area contributed by atoms with Crippen LogP contribution in [0, 0.1) is 11.3 Å². The van der Waals surface area contributed by atoms with Gasteiger partial charge in [-0.2, -0.15) is 0 Å². The standard InChI is InChI=1S/C23H36N4O3/c1-23(2)20(19-8-11-30-21(19)23)26-22(24-3)25-15-6-9-27(10-7-15)16-12-17(28-4)14-18(13-16)29-5/h12-15,19-21H,6-11H2,1-5H3,(H2,24,25,26). The molecule has 2 saturated heterocycles. The third-order valence-corrected chi connectivity index (χ3v) is 7.15. The summed E-state index contributed by atoms with van der Waals surface area (Å²) in [6.45, 7) is 7.45. The number of aliphatic imine (C=N–C) groups is 1. The van der Waals surface area contributed by atoms with Crippen molar-refractivity contribution in [2.24, 2.45) is 16.3 Å². The number of fused-ring (bicyclic) bond motifs is 1. The van der Waals surface area contributed by atoms with E-state index in [1.54, 1.807) is 14.2 Å². The number of methoxy groups -OCH3 is 2. The van der Waals surface area contributed by atoms with E-state index in [2.05, 4.69) is 46.5 Å². The van der Waals surface area contributed by atoms with Crippen LogP contribution in [0.25, 0.3) is 0 Å². The van der Waals surface area contributed by atoms with Gasteiger partial charge in [0.1, 0.15) is 11.5 Å². The second-order valence-electron chi connectivity index (χ2n) is 9.24. The zero-order valence-electron chi connectivity index (χ0n) is 18.9. The van der Waals surface area contributed by atoms with E-state index in [1.807, 2.05) is 13.1 Å². The summed E-state index contributed by atoms with van der Waals surface area (Å²) in [6, 6.07) is 6.90. The minimum absolute atomic E-state index is 0.146. The highest BCUT2D eigenvalue weighted by atomic mass is 16.5. The molecule has 0 aromatic heterocycles. The first-order valence-electron chi connectivity index (χ1n) is 11.1. The maximum atomic E-state index is 5.93. The Bertz CT molecular complexity index is 751. The molecule has 30 heavy (non-hydrogen) atoms. The van der Waals surface area contributed by atoms with Gasteiger partial charge in [0.05, 0.1) is 20.3 Å². The lowest BCUT2D eigenvalue weighted by atomic mass is 9.57. The summed E-state index contributed by atoms with van der Waals surface area (Å²) in [7, 11) is 5.24. The Morgan fingerprint density at radius 1 is 1.07 bits per heavy atom. The molecule has 7 nitrogen and oxygen atoms in total. The van der Waals surface area contributed by atoms with Crippen molar-refractivity contribution in [1.29, 1.82) is 0 Å². The highest BCUT2D eigenvalue weighted by Gasteiger charge is 2.59. The number of ether oxygens (including phenoxy) is 3. The molecule has 1 saturated carbocycles. The molecule has 2 heterocycles. The molecule has 1 aliphatic carbocycles. The Balaban J connectivity index is 1.32. The molecular formula is C23H36N4O3. The number of nitrogens with one attached hydrogen (secondary N) is 2. The molecule has 3 fully saturated rings. The van der Waals surface area contributed by atoms with Crippen LogP contribution in [0.3, 0.4) is 0 Å². The number of rotatable bonds is 5. The van der Waals surface area contributed by atoms with Gasteiger partial charge in [0, 0.05) is 74.0 Å². The van der Waals surface area contributed by atoms with Crippen LogP contribution in [-0.2, 0) is 4.74 Å². The first kappa shape index (κ1) is 21.1. The minimum atomic E-state index is 0.146. The minimum Gasteiger partial charge on any atom is -0.497 e. The summed E-state index contributed by atoms with van der Waals surface area (Å²) in [4.78, 5) is 6.91. The summed E-state index contributed by atoms with van der Waals surface area (Å²) >= 11 is 0. The van der Waals surface area contributed by atoms with Gasteiger partial charge in [-0.15, -0.1) is 0 Å². The van der Waals surface area contributed by atoms with Crippen LogP contribution in [0.1, 0.15) is 33.1 Å². The van der Waals surface area contributed by atoms with Crippen molar-refractivity contribution in [2.45, 2.75) is 51.3 Å². The molecule has 1 aromatic carbocycles. The fourth-order valence-corrected chi connectivity index (χ4v) is 5.39. The molecule has 1 aromatic rings. The van der Waals surface area contributed by atoms with E-state index in [0.717, 1.165) is 62.1 Å². The largest absolute Gasteiger partial charge is 0.497 e. The molecule has 3 unspecified atom stereocenters. The fourth-order valence-electron chi connectivity index (χ4n) is 5.39. The molecular weight excluding hydrogens is 380 g/mol. The quantitative estimate of drug-likeness (QED) is 0.568. The molecule has 2 N–H and O–H groups in total. The summed E-state index contributed by atoms with van der Waals surface area (Å²) < 4.78 is 16.8. The van der Waals surface area contributed by atoms with E-state index in [4.69, 9.17) is 14.2 Å². The van der Waals surface area contributed by atoms with Crippen LogP contribution in [0.5, 0.6) is 11.5 Å². The zero-order chi connectivity index (χ0) is 21.3. The molecule has 3 aliphatic rings. The summed E-state index contributed by atoms with van der Waals surface area (Å²) in [5.74, 6) is 3.17. The van der Waals surface area contributed by atoms with Crippen molar-refractivity contribution >= 4 is 11.6 Å². The maximum absolute atomic E-state index is 5.93. The van der Waals surface area contributed by atoms with Gasteiger partial charge in [0.2, 0.25) is 0 Å². The van der Waals surface area contributed by atoms with Crippen molar-refractivity contribution in [3.8, 4) is 11.5 Å². The number of guanidine groups is 1. The first-order valence-corrected chi connectivity index (χ1v) is 11.1. The van der Waals surface area contributed by atoms with Gasteiger partial charge in [0.15, 0.2) is 5.96 Å². The number of anilines is 1. The average molecular weight is 417 g/mol. The van der Waals surface area contributed by atoms with Crippen LogP contribution in [0.2, 0.25) is 0 Å². The monoisotopic (exact) mass is 416 g/mol. The molecule has 4 rings (SSSR count). The van der Waals surface area contributed by atoms with E-state index in [0.29, 0.717) is 24.1 Å². The molecule has 0 bridgehead atoms. The van der Waals surface area contributed by atoms with Crippen LogP contribution >= 0.6 is 0 Å². The van der Waals surface area contributed by atoms with Crippen molar-refractivity contribution in [3.63, 3.8) is 0 Å². The first-order chi connectivity index (χ1) is 14.5. The van der Waals surface area contributed by atoms with Gasteiger partial charge >= 0.3 is 0 Å². The SMILES string of the molecule is CN=C(NC1CCN(c2cc(OC)cc(OC)c2)CC1)NC1C2CCOC2C1(C)C. The Labute approximate surface area is 180 Å². The van der Waals surface area contributed by atoms with Crippen LogP contribution in [0.4, 0.5) is 5.69 Å². The van der Waals surface area contributed by atoms with E-state index >= 15 is 0 Å². The van der Waals surface area contributed by atoms with E-state index in [-0.39, 0.29) is 5.41 Å². The second-order valence-corrected chi connectivity index (χ2v) is 9.24. The molecule has 0 radical (unpaired) electrons. The third-order valence-electron chi connectivity index (χ3n) is 7.15. The van der Waals surface area contributed by atoms with Gasteiger partial charge in [-0.3, -0.25) is 4.99 Å². The van der Waals surface area contributed by atoms with Gasteiger partial charge in [0.25, 0.3) is 0 Å². The molecule has 0 amide bonds. The number of nitrogens with zero attached hydrogens (tertiary/aromatic N) is 2. The third kappa shape index (κ3) is 3.92. The van der Waals surface area contributed by atoms with Gasteiger partial charge in [-0.1, -0.05) is 13.8 Å². The summed E-state index contributed by atoms with van der Waals surface area (Å²) in [5.41, 5.74) is 1.30. The highest BCUT2D eigenvalue weighted by molar-refractivity contribution is 5.80. The number of hydrogen-bond acceptors (Lipinski definition) is 5. The van der Waals surface area contributed by atoms with Gasteiger partial charge in [-0.05, 0) is 19.3 Å².